The molecule has 10 heteroatoms. The summed E-state index contributed by atoms with van der Waals surface area (Å²) in [5.74, 6) is -1.51. The molecule has 2 amide bonds. The molecule has 1 aromatic carbocycles. The summed E-state index contributed by atoms with van der Waals surface area (Å²) in [6, 6.07) is 3.01. The highest BCUT2D eigenvalue weighted by atomic mass is 19.4. The van der Waals surface area contributed by atoms with Crippen LogP contribution in [-0.2, 0) is 9.53 Å². The number of carbonyl (C=O) groups excluding carboxylic acids is 2. The third kappa shape index (κ3) is 4.11. The van der Waals surface area contributed by atoms with E-state index in [1.807, 2.05) is 0 Å². The number of halogens is 4. The summed E-state index contributed by atoms with van der Waals surface area (Å²) < 4.78 is 60.2. The van der Waals surface area contributed by atoms with E-state index in [2.05, 4.69) is 10.1 Å². The first-order chi connectivity index (χ1) is 13.6. The largest absolute Gasteiger partial charge is 0.573 e. The lowest BCUT2D eigenvalue weighted by Gasteiger charge is -2.45. The number of nitrogens with one attached hydrogen (secondary N) is 1. The zero-order valence-electron chi connectivity index (χ0n) is 15.4. The molecule has 0 atom stereocenters. The minimum Gasteiger partial charge on any atom is -0.447 e. The minimum absolute atomic E-state index is 0.00940. The molecule has 4 rings (SSSR count). The SMILES string of the molecule is O=C1N[C@]2(CO1)C[C@H](C(=O)N1CCC(c3cc(OC(F)(F)F)ccc3F)CC1)C2. The first kappa shape index (κ1) is 19.8. The molecule has 1 spiro atoms. The van der Waals surface area contributed by atoms with Crippen LogP contribution in [0.4, 0.5) is 22.4 Å². The highest BCUT2D eigenvalue weighted by Crippen LogP contribution is 2.42. The van der Waals surface area contributed by atoms with Gasteiger partial charge in [0.25, 0.3) is 0 Å². The summed E-state index contributed by atoms with van der Waals surface area (Å²) in [7, 11) is 0. The van der Waals surface area contributed by atoms with Gasteiger partial charge in [-0.25, -0.2) is 9.18 Å². The summed E-state index contributed by atoms with van der Waals surface area (Å²) in [5, 5.41) is 2.75. The van der Waals surface area contributed by atoms with Crippen LogP contribution in [-0.4, -0.2) is 48.5 Å². The minimum atomic E-state index is -4.84. The van der Waals surface area contributed by atoms with Crippen molar-refractivity contribution in [2.24, 2.45) is 5.92 Å². The van der Waals surface area contributed by atoms with Gasteiger partial charge in [-0.15, -0.1) is 13.2 Å². The lowest BCUT2D eigenvalue weighted by molar-refractivity contribution is -0.274. The second-order valence-corrected chi connectivity index (χ2v) is 7.92. The van der Waals surface area contributed by atoms with Gasteiger partial charge in [0.15, 0.2) is 0 Å². The third-order valence-electron chi connectivity index (χ3n) is 5.92. The van der Waals surface area contributed by atoms with Crippen LogP contribution >= 0.6 is 0 Å². The van der Waals surface area contributed by atoms with Crippen molar-refractivity contribution in [1.82, 2.24) is 10.2 Å². The lowest BCUT2D eigenvalue weighted by atomic mass is 9.68. The van der Waals surface area contributed by atoms with Gasteiger partial charge in [-0.05, 0) is 55.4 Å². The predicted molar refractivity (Wildman–Crippen MR) is 91.6 cm³/mol. The standard InChI is InChI=1S/C19H20F4N2O4/c20-15-2-1-13(29-19(21,22)23)7-14(15)11-3-5-25(6-4-11)16(26)12-8-18(9-12)10-28-17(27)24-18/h1-2,7,11-12H,3-6,8-10H2,(H,24,27)/t12-,18+. The van der Waals surface area contributed by atoms with E-state index >= 15 is 0 Å². The van der Waals surface area contributed by atoms with E-state index in [-0.39, 0.29) is 29.9 Å². The van der Waals surface area contributed by atoms with E-state index in [1.54, 1.807) is 4.90 Å². The lowest BCUT2D eigenvalue weighted by Crippen LogP contribution is -2.58. The number of alkyl carbamates (subject to hydrolysis) is 1. The maximum atomic E-state index is 14.2. The Morgan fingerprint density at radius 1 is 1.24 bits per heavy atom. The smallest absolute Gasteiger partial charge is 0.447 e. The van der Waals surface area contributed by atoms with E-state index in [0.29, 0.717) is 38.8 Å². The molecule has 3 fully saturated rings. The van der Waals surface area contributed by atoms with Crippen LogP contribution in [0.5, 0.6) is 5.75 Å². The average Bonchev–Trinajstić information content (AvgIpc) is 3.03. The summed E-state index contributed by atoms with van der Waals surface area (Å²) in [6.07, 6.45) is -3.33. The number of piperidine rings is 1. The fraction of sp³-hybridized carbons (Fsp3) is 0.579. The number of likely N-dealkylation sites (tertiary alicyclic amines) is 1. The van der Waals surface area contributed by atoms with Gasteiger partial charge in [0.05, 0.1) is 5.54 Å². The highest BCUT2D eigenvalue weighted by Gasteiger charge is 2.53. The molecular weight excluding hydrogens is 396 g/mol. The van der Waals surface area contributed by atoms with Gasteiger partial charge in [0.1, 0.15) is 18.2 Å². The van der Waals surface area contributed by atoms with Crippen LogP contribution in [0, 0.1) is 11.7 Å². The van der Waals surface area contributed by atoms with E-state index in [1.165, 1.54) is 0 Å². The molecule has 0 unspecified atom stereocenters. The van der Waals surface area contributed by atoms with Crippen molar-refractivity contribution in [2.75, 3.05) is 19.7 Å². The van der Waals surface area contributed by atoms with Crippen LogP contribution in [0.25, 0.3) is 0 Å². The molecule has 0 aromatic heterocycles. The molecule has 1 saturated carbocycles. The Kier molecular flexibility index (Phi) is 4.82. The number of benzene rings is 1. The normalized spacial score (nSPS) is 27.4. The van der Waals surface area contributed by atoms with Crippen molar-refractivity contribution in [2.45, 2.75) is 43.5 Å². The molecule has 1 aliphatic carbocycles. The fourth-order valence-electron chi connectivity index (χ4n) is 4.47. The maximum absolute atomic E-state index is 14.2. The molecular formula is C19H20F4N2O4. The summed E-state index contributed by atoms with van der Waals surface area (Å²) in [5.41, 5.74) is -0.259. The molecule has 2 heterocycles. The van der Waals surface area contributed by atoms with Crippen molar-refractivity contribution in [3.63, 3.8) is 0 Å². The summed E-state index contributed by atoms with van der Waals surface area (Å²) in [6.45, 7) is 1.08. The Morgan fingerprint density at radius 2 is 1.93 bits per heavy atom. The molecule has 158 valence electrons. The van der Waals surface area contributed by atoms with Crippen LogP contribution in [0.2, 0.25) is 0 Å². The Labute approximate surface area is 164 Å². The van der Waals surface area contributed by atoms with E-state index in [9.17, 15) is 27.2 Å². The molecule has 1 aromatic rings. The van der Waals surface area contributed by atoms with E-state index in [0.717, 1.165) is 18.2 Å². The van der Waals surface area contributed by atoms with Crippen LogP contribution in [0.1, 0.15) is 37.2 Å². The fourth-order valence-corrected chi connectivity index (χ4v) is 4.47. The molecule has 0 radical (unpaired) electrons. The number of ether oxygens (including phenoxy) is 2. The third-order valence-corrected chi connectivity index (χ3v) is 5.92. The van der Waals surface area contributed by atoms with Gasteiger partial charge in [0.2, 0.25) is 5.91 Å². The Hall–Kier alpha value is -2.52. The quantitative estimate of drug-likeness (QED) is 0.768. The van der Waals surface area contributed by atoms with Gasteiger partial charge < -0.3 is 19.7 Å². The van der Waals surface area contributed by atoms with Crippen molar-refractivity contribution >= 4 is 12.0 Å². The van der Waals surface area contributed by atoms with Gasteiger partial charge in [0, 0.05) is 19.0 Å². The number of carbonyl (C=O) groups is 2. The number of nitrogens with zero attached hydrogens (tertiary/aromatic N) is 1. The van der Waals surface area contributed by atoms with E-state index < -0.39 is 29.6 Å². The maximum Gasteiger partial charge on any atom is 0.573 e. The topological polar surface area (TPSA) is 67.9 Å². The monoisotopic (exact) mass is 416 g/mol. The highest BCUT2D eigenvalue weighted by molar-refractivity contribution is 5.81. The molecule has 2 saturated heterocycles. The van der Waals surface area contributed by atoms with Gasteiger partial charge in [-0.1, -0.05) is 0 Å². The van der Waals surface area contributed by atoms with Gasteiger partial charge in [-0.2, -0.15) is 0 Å². The summed E-state index contributed by atoms with van der Waals surface area (Å²) >= 11 is 0. The Bertz CT molecular complexity index is 815. The Balaban J connectivity index is 1.33. The van der Waals surface area contributed by atoms with Crippen LogP contribution < -0.4 is 10.1 Å². The van der Waals surface area contributed by atoms with Crippen molar-refractivity contribution in [1.29, 1.82) is 0 Å². The Morgan fingerprint density at radius 3 is 2.52 bits per heavy atom. The molecule has 0 bridgehead atoms. The average molecular weight is 416 g/mol. The molecule has 1 N–H and O–H groups in total. The van der Waals surface area contributed by atoms with Crippen LogP contribution in [0.15, 0.2) is 18.2 Å². The van der Waals surface area contributed by atoms with E-state index in [4.69, 9.17) is 4.74 Å². The zero-order valence-corrected chi connectivity index (χ0v) is 15.4. The first-order valence-corrected chi connectivity index (χ1v) is 9.43. The number of cyclic esters (lactones) is 1. The van der Waals surface area contributed by atoms with Crippen molar-refractivity contribution in [3.8, 4) is 5.75 Å². The number of hydrogen-bond acceptors (Lipinski definition) is 4. The van der Waals surface area contributed by atoms with Crippen molar-refractivity contribution < 1.29 is 36.6 Å². The molecule has 6 nitrogen and oxygen atoms in total. The number of rotatable bonds is 3. The second-order valence-electron chi connectivity index (χ2n) is 7.92. The van der Waals surface area contributed by atoms with Gasteiger partial charge in [-0.3, -0.25) is 4.79 Å². The van der Waals surface area contributed by atoms with Crippen molar-refractivity contribution in [3.05, 3.63) is 29.6 Å². The zero-order chi connectivity index (χ0) is 20.8. The molecule has 3 aliphatic rings. The summed E-state index contributed by atoms with van der Waals surface area (Å²) in [4.78, 5) is 25.6. The molecule has 29 heavy (non-hydrogen) atoms. The predicted octanol–water partition coefficient (Wildman–Crippen LogP) is 3.32. The van der Waals surface area contributed by atoms with Gasteiger partial charge >= 0.3 is 12.5 Å². The first-order valence-electron chi connectivity index (χ1n) is 9.43. The van der Waals surface area contributed by atoms with Crippen LogP contribution in [0.3, 0.4) is 0 Å². The number of amides is 2. The second kappa shape index (κ2) is 7.07. The number of hydrogen-bond donors (Lipinski definition) is 1. The number of alkyl halides is 3. The molecule has 2 aliphatic heterocycles.